The van der Waals surface area contributed by atoms with Crippen LogP contribution in [0.3, 0.4) is 0 Å². The van der Waals surface area contributed by atoms with Crippen LogP contribution in [0, 0.1) is 17.1 Å². The molecule has 88 valence electrons. The fourth-order valence-corrected chi connectivity index (χ4v) is 2.06. The molecule has 1 heterocycles. The Kier molecular flexibility index (Phi) is 3.12. The summed E-state index contributed by atoms with van der Waals surface area (Å²) in [5.41, 5.74) is 2.34. The van der Waals surface area contributed by atoms with Crippen molar-refractivity contribution in [3.8, 4) is 6.07 Å². The SMILES string of the molecule is CCNCc1c(C#N)n(C)c2ccc(F)cc12. The van der Waals surface area contributed by atoms with Crippen molar-refractivity contribution in [3.05, 3.63) is 35.3 Å². The number of aromatic nitrogens is 1. The smallest absolute Gasteiger partial charge is 0.125 e. The molecule has 0 saturated heterocycles. The van der Waals surface area contributed by atoms with Crippen LogP contribution in [0.2, 0.25) is 0 Å². The first-order valence-corrected chi connectivity index (χ1v) is 5.56. The van der Waals surface area contributed by atoms with E-state index in [-0.39, 0.29) is 5.82 Å². The van der Waals surface area contributed by atoms with Crippen LogP contribution in [-0.2, 0) is 13.6 Å². The maximum atomic E-state index is 13.3. The van der Waals surface area contributed by atoms with Gasteiger partial charge < -0.3 is 9.88 Å². The molecule has 0 bridgehead atoms. The molecule has 2 rings (SSSR count). The Morgan fingerprint density at radius 1 is 1.47 bits per heavy atom. The molecule has 0 aliphatic carbocycles. The summed E-state index contributed by atoms with van der Waals surface area (Å²) in [4.78, 5) is 0. The van der Waals surface area contributed by atoms with Crippen LogP contribution >= 0.6 is 0 Å². The molecule has 0 spiro atoms. The fraction of sp³-hybridized carbons (Fsp3) is 0.308. The van der Waals surface area contributed by atoms with Gasteiger partial charge in [0, 0.05) is 30.1 Å². The van der Waals surface area contributed by atoms with Gasteiger partial charge in [-0.05, 0) is 24.7 Å². The second-order valence-corrected chi connectivity index (χ2v) is 3.94. The van der Waals surface area contributed by atoms with Gasteiger partial charge in [0.2, 0.25) is 0 Å². The monoisotopic (exact) mass is 231 g/mol. The lowest BCUT2D eigenvalue weighted by Gasteiger charge is -2.01. The van der Waals surface area contributed by atoms with E-state index < -0.39 is 0 Å². The number of nitrogens with one attached hydrogen (secondary N) is 1. The molecule has 0 atom stereocenters. The predicted molar refractivity (Wildman–Crippen MR) is 65.0 cm³/mol. The minimum Gasteiger partial charge on any atom is -0.335 e. The van der Waals surface area contributed by atoms with Crippen LogP contribution in [-0.4, -0.2) is 11.1 Å². The minimum absolute atomic E-state index is 0.273. The van der Waals surface area contributed by atoms with E-state index >= 15 is 0 Å². The normalized spacial score (nSPS) is 10.7. The number of hydrogen-bond acceptors (Lipinski definition) is 2. The summed E-state index contributed by atoms with van der Waals surface area (Å²) in [6.07, 6.45) is 0. The summed E-state index contributed by atoms with van der Waals surface area (Å²) in [6.45, 7) is 3.40. The summed E-state index contributed by atoms with van der Waals surface area (Å²) in [5.74, 6) is -0.273. The number of nitrogens with zero attached hydrogens (tertiary/aromatic N) is 2. The summed E-state index contributed by atoms with van der Waals surface area (Å²) < 4.78 is 15.1. The van der Waals surface area contributed by atoms with Crippen molar-refractivity contribution in [1.29, 1.82) is 5.26 Å². The van der Waals surface area contributed by atoms with E-state index in [1.807, 2.05) is 14.0 Å². The van der Waals surface area contributed by atoms with Crippen LogP contribution in [0.1, 0.15) is 18.2 Å². The van der Waals surface area contributed by atoms with Gasteiger partial charge >= 0.3 is 0 Å². The van der Waals surface area contributed by atoms with E-state index in [1.54, 1.807) is 10.6 Å². The van der Waals surface area contributed by atoms with Crippen LogP contribution in [0.5, 0.6) is 0 Å². The zero-order chi connectivity index (χ0) is 12.4. The van der Waals surface area contributed by atoms with E-state index in [9.17, 15) is 9.65 Å². The number of hydrogen-bond donors (Lipinski definition) is 1. The van der Waals surface area contributed by atoms with Gasteiger partial charge in [-0.25, -0.2) is 4.39 Å². The van der Waals surface area contributed by atoms with Crippen molar-refractivity contribution in [2.45, 2.75) is 13.5 Å². The van der Waals surface area contributed by atoms with E-state index in [1.165, 1.54) is 12.1 Å². The average Bonchev–Trinajstić information content (AvgIpc) is 2.58. The summed E-state index contributed by atoms with van der Waals surface area (Å²) in [7, 11) is 1.83. The molecule has 1 aromatic carbocycles. The number of fused-ring (bicyclic) bond motifs is 1. The standard InChI is InChI=1S/C13H14FN3/c1-3-16-8-11-10-6-9(14)4-5-12(10)17(2)13(11)7-15/h4-6,16H,3,8H2,1-2H3. The van der Waals surface area contributed by atoms with Gasteiger partial charge in [-0.1, -0.05) is 6.92 Å². The molecule has 0 fully saturated rings. The minimum atomic E-state index is -0.273. The first-order valence-electron chi connectivity index (χ1n) is 5.56. The fourth-order valence-electron chi connectivity index (χ4n) is 2.06. The first-order chi connectivity index (χ1) is 8.19. The summed E-state index contributed by atoms with van der Waals surface area (Å²) >= 11 is 0. The Bertz CT molecular complexity index is 593. The molecule has 4 heteroatoms. The Morgan fingerprint density at radius 2 is 2.24 bits per heavy atom. The molecule has 0 amide bonds. The molecule has 0 radical (unpaired) electrons. The van der Waals surface area contributed by atoms with Gasteiger partial charge in [-0.15, -0.1) is 0 Å². The van der Waals surface area contributed by atoms with Crippen molar-refractivity contribution in [2.75, 3.05) is 6.54 Å². The number of nitriles is 1. The highest BCUT2D eigenvalue weighted by atomic mass is 19.1. The lowest BCUT2D eigenvalue weighted by molar-refractivity contribution is 0.629. The van der Waals surface area contributed by atoms with Gasteiger partial charge in [0.1, 0.15) is 17.6 Å². The quantitative estimate of drug-likeness (QED) is 0.880. The van der Waals surface area contributed by atoms with Crippen molar-refractivity contribution >= 4 is 10.9 Å². The number of halogens is 1. The molecular weight excluding hydrogens is 217 g/mol. The molecule has 2 aromatic rings. The largest absolute Gasteiger partial charge is 0.335 e. The van der Waals surface area contributed by atoms with Gasteiger partial charge in [0.05, 0.1) is 0 Å². The predicted octanol–water partition coefficient (Wildman–Crippen LogP) is 2.30. The molecule has 17 heavy (non-hydrogen) atoms. The third-order valence-corrected chi connectivity index (χ3v) is 2.92. The van der Waals surface area contributed by atoms with E-state index in [0.29, 0.717) is 12.2 Å². The van der Waals surface area contributed by atoms with Crippen molar-refractivity contribution < 1.29 is 4.39 Å². The lowest BCUT2D eigenvalue weighted by atomic mass is 10.1. The zero-order valence-electron chi connectivity index (χ0n) is 9.92. The van der Waals surface area contributed by atoms with E-state index in [0.717, 1.165) is 23.0 Å². The maximum Gasteiger partial charge on any atom is 0.125 e. The Balaban J connectivity index is 2.68. The van der Waals surface area contributed by atoms with Crippen LogP contribution in [0.15, 0.2) is 18.2 Å². The molecule has 0 aliphatic rings. The second-order valence-electron chi connectivity index (χ2n) is 3.94. The van der Waals surface area contributed by atoms with E-state index in [2.05, 4.69) is 11.4 Å². The molecule has 0 unspecified atom stereocenters. The second kappa shape index (κ2) is 4.56. The topological polar surface area (TPSA) is 40.8 Å². The summed E-state index contributed by atoms with van der Waals surface area (Å²) in [6, 6.07) is 6.80. The van der Waals surface area contributed by atoms with Crippen molar-refractivity contribution in [1.82, 2.24) is 9.88 Å². The van der Waals surface area contributed by atoms with Crippen LogP contribution in [0.4, 0.5) is 4.39 Å². The third-order valence-electron chi connectivity index (χ3n) is 2.92. The molecule has 3 nitrogen and oxygen atoms in total. The average molecular weight is 231 g/mol. The molecule has 0 saturated carbocycles. The molecule has 1 N–H and O–H groups in total. The molecule has 0 aliphatic heterocycles. The summed E-state index contributed by atoms with van der Waals surface area (Å²) in [5, 5.41) is 13.2. The zero-order valence-corrected chi connectivity index (χ0v) is 9.92. The van der Waals surface area contributed by atoms with Crippen LogP contribution in [0.25, 0.3) is 10.9 Å². The number of rotatable bonds is 3. The van der Waals surface area contributed by atoms with Gasteiger partial charge in [0.25, 0.3) is 0 Å². The number of aryl methyl sites for hydroxylation is 1. The molecule has 1 aromatic heterocycles. The highest BCUT2D eigenvalue weighted by Gasteiger charge is 2.14. The Hall–Kier alpha value is -1.86. The Labute approximate surface area is 99.5 Å². The first kappa shape index (κ1) is 11.6. The lowest BCUT2D eigenvalue weighted by Crippen LogP contribution is -2.12. The van der Waals surface area contributed by atoms with Crippen molar-refractivity contribution in [3.63, 3.8) is 0 Å². The maximum absolute atomic E-state index is 13.3. The highest BCUT2D eigenvalue weighted by molar-refractivity contribution is 5.86. The molecular formula is C13H14FN3. The third kappa shape index (κ3) is 1.90. The van der Waals surface area contributed by atoms with E-state index in [4.69, 9.17) is 0 Å². The van der Waals surface area contributed by atoms with Crippen LogP contribution < -0.4 is 5.32 Å². The van der Waals surface area contributed by atoms with Gasteiger partial charge in [-0.3, -0.25) is 0 Å². The van der Waals surface area contributed by atoms with Gasteiger partial charge in [0.15, 0.2) is 0 Å². The number of benzene rings is 1. The highest BCUT2D eigenvalue weighted by Crippen LogP contribution is 2.25. The van der Waals surface area contributed by atoms with Crippen molar-refractivity contribution in [2.24, 2.45) is 7.05 Å². The Morgan fingerprint density at radius 3 is 2.88 bits per heavy atom. The van der Waals surface area contributed by atoms with Gasteiger partial charge in [-0.2, -0.15) is 5.26 Å².